The van der Waals surface area contributed by atoms with E-state index < -0.39 is 6.09 Å². The average molecular weight is 372 g/mol. The maximum atomic E-state index is 11.2. The lowest BCUT2D eigenvalue weighted by Crippen LogP contribution is -2.44. The number of ether oxygens (including phenoxy) is 1. The van der Waals surface area contributed by atoms with E-state index in [0.717, 1.165) is 34.9 Å². The Morgan fingerprint density at radius 3 is 2.85 bits per heavy atom. The molecule has 138 valence electrons. The first-order valence-electron chi connectivity index (χ1n) is 8.75. The highest BCUT2D eigenvalue weighted by molar-refractivity contribution is 7.98. The molecule has 0 bridgehead atoms. The fourth-order valence-corrected chi connectivity index (χ4v) is 4.08. The van der Waals surface area contributed by atoms with Crippen molar-refractivity contribution < 1.29 is 14.6 Å². The van der Waals surface area contributed by atoms with Gasteiger partial charge in [0.1, 0.15) is 5.75 Å². The molecule has 0 aromatic heterocycles. The summed E-state index contributed by atoms with van der Waals surface area (Å²) in [5, 5.41) is 12.6. The molecule has 2 aromatic rings. The summed E-state index contributed by atoms with van der Waals surface area (Å²) in [6, 6.07) is 16.6. The number of nitrogens with zero attached hydrogens (tertiary/aromatic N) is 1. The number of carboxylic acid groups (broad SMARTS) is 1. The molecule has 1 atom stereocenters. The predicted octanol–water partition coefficient (Wildman–Crippen LogP) is 4.54. The van der Waals surface area contributed by atoms with Gasteiger partial charge in [0.05, 0.1) is 7.11 Å². The van der Waals surface area contributed by atoms with Crippen LogP contribution >= 0.6 is 11.8 Å². The number of benzene rings is 2. The summed E-state index contributed by atoms with van der Waals surface area (Å²) in [4.78, 5) is 13.7. The molecule has 3 rings (SSSR count). The summed E-state index contributed by atoms with van der Waals surface area (Å²) in [5.74, 6) is 1.72. The van der Waals surface area contributed by atoms with Crippen molar-refractivity contribution in [1.29, 1.82) is 0 Å². The Morgan fingerprint density at radius 1 is 1.31 bits per heavy atom. The molecule has 1 saturated heterocycles. The highest BCUT2D eigenvalue weighted by Gasteiger charge is 2.23. The van der Waals surface area contributed by atoms with Gasteiger partial charge in [0.25, 0.3) is 0 Å². The molecule has 2 aromatic carbocycles. The van der Waals surface area contributed by atoms with E-state index in [1.807, 2.05) is 30.3 Å². The molecule has 1 amide bonds. The molecule has 0 spiro atoms. The average Bonchev–Trinajstić information content (AvgIpc) is 2.68. The minimum atomic E-state index is -0.846. The largest absolute Gasteiger partial charge is 0.496 e. The minimum Gasteiger partial charge on any atom is -0.496 e. The van der Waals surface area contributed by atoms with Crippen LogP contribution in [0.3, 0.4) is 0 Å². The quantitative estimate of drug-likeness (QED) is 0.729. The standard InChI is InChI=1S/C20H24N2O3S/c1-25-18-12-16(21-17-8-5-11-22(13-17)20(23)24)9-10-19(18)26-14-15-6-3-2-4-7-15/h2-4,6-7,9-10,12,17,21H,5,8,11,13-14H2,1H3,(H,23,24)/t17-/m1/s1. The maximum Gasteiger partial charge on any atom is 0.407 e. The van der Waals surface area contributed by atoms with Crippen molar-refractivity contribution in [2.45, 2.75) is 29.5 Å². The summed E-state index contributed by atoms with van der Waals surface area (Å²) in [5.41, 5.74) is 2.24. The van der Waals surface area contributed by atoms with Crippen molar-refractivity contribution in [1.82, 2.24) is 4.90 Å². The Bertz CT molecular complexity index is 739. The number of rotatable bonds is 6. The molecule has 2 N–H and O–H groups in total. The molecule has 1 aliphatic heterocycles. The lowest BCUT2D eigenvalue weighted by molar-refractivity contribution is 0.133. The summed E-state index contributed by atoms with van der Waals surface area (Å²) in [7, 11) is 1.68. The number of hydrogen-bond donors (Lipinski definition) is 2. The van der Waals surface area contributed by atoms with Crippen LogP contribution in [0.1, 0.15) is 18.4 Å². The highest BCUT2D eigenvalue weighted by atomic mass is 32.2. The van der Waals surface area contributed by atoms with Crippen molar-refractivity contribution in [3.8, 4) is 5.75 Å². The van der Waals surface area contributed by atoms with Crippen molar-refractivity contribution in [2.75, 3.05) is 25.5 Å². The van der Waals surface area contributed by atoms with Gasteiger partial charge in [-0.2, -0.15) is 0 Å². The van der Waals surface area contributed by atoms with Gasteiger partial charge in [0, 0.05) is 41.5 Å². The van der Waals surface area contributed by atoms with Gasteiger partial charge in [-0.15, -0.1) is 11.8 Å². The van der Waals surface area contributed by atoms with Crippen LogP contribution in [0.2, 0.25) is 0 Å². The molecule has 0 unspecified atom stereocenters. The number of anilines is 1. The van der Waals surface area contributed by atoms with Crippen molar-refractivity contribution in [2.24, 2.45) is 0 Å². The van der Waals surface area contributed by atoms with Crippen LogP contribution in [-0.2, 0) is 5.75 Å². The Labute approximate surface area is 158 Å². The molecule has 1 fully saturated rings. The number of methoxy groups -OCH3 is 1. The molecule has 6 heteroatoms. The van der Waals surface area contributed by atoms with E-state index in [4.69, 9.17) is 9.84 Å². The summed E-state index contributed by atoms with van der Waals surface area (Å²) in [6.45, 7) is 1.13. The van der Waals surface area contributed by atoms with Gasteiger partial charge in [0.2, 0.25) is 0 Å². The molecule has 0 saturated carbocycles. The lowest BCUT2D eigenvalue weighted by Gasteiger charge is -2.31. The van der Waals surface area contributed by atoms with E-state index in [0.29, 0.717) is 13.1 Å². The lowest BCUT2D eigenvalue weighted by atomic mass is 10.1. The second-order valence-electron chi connectivity index (χ2n) is 6.35. The molecule has 5 nitrogen and oxygen atoms in total. The van der Waals surface area contributed by atoms with Crippen LogP contribution in [0.25, 0.3) is 0 Å². The first-order valence-corrected chi connectivity index (χ1v) is 9.73. The van der Waals surface area contributed by atoms with E-state index in [2.05, 4.69) is 23.5 Å². The minimum absolute atomic E-state index is 0.132. The fraction of sp³-hybridized carbons (Fsp3) is 0.350. The zero-order valence-corrected chi connectivity index (χ0v) is 15.7. The number of piperidine rings is 1. The van der Waals surface area contributed by atoms with Gasteiger partial charge >= 0.3 is 6.09 Å². The third-order valence-electron chi connectivity index (χ3n) is 4.46. The molecule has 26 heavy (non-hydrogen) atoms. The van der Waals surface area contributed by atoms with Gasteiger partial charge in [0.15, 0.2) is 0 Å². The molecular formula is C20H24N2O3S. The zero-order valence-electron chi connectivity index (χ0n) is 14.9. The van der Waals surface area contributed by atoms with Crippen LogP contribution in [-0.4, -0.2) is 42.3 Å². The number of likely N-dealkylation sites (tertiary alicyclic amines) is 1. The van der Waals surface area contributed by atoms with Crippen LogP contribution < -0.4 is 10.1 Å². The van der Waals surface area contributed by atoms with Gasteiger partial charge < -0.3 is 20.1 Å². The third kappa shape index (κ3) is 4.85. The second-order valence-corrected chi connectivity index (χ2v) is 7.37. The molecular weight excluding hydrogens is 348 g/mol. The Kier molecular flexibility index (Phi) is 6.28. The van der Waals surface area contributed by atoms with Crippen LogP contribution in [0.4, 0.5) is 10.5 Å². The molecule has 0 aliphatic carbocycles. The maximum absolute atomic E-state index is 11.2. The van der Waals surface area contributed by atoms with E-state index in [1.54, 1.807) is 18.9 Å². The molecule has 1 heterocycles. The Morgan fingerprint density at radius 2 is 2.12 bits per heavy atom. The molecule has 1 aliphatic rings. The summed E-state index contributed by atoms with van der Waals surface area (Å²) in [6.07, 6.45) is 1.00. The summed E-state index contributed by atoms with van der Waals surface area (Å²) < 4.78 is 5.56. The topological polar surface area (TPSA) is 61.8 Å². The van der Waals surface area contributed by atoms with Gasteiger partial charge in [-0.3, -0.25) is 0 Å². The van der Waals surface area contributed by atoms with E-state index in [1.165, 1.54) is 10.5 Å². The van der Waals surface area contributed by atoms with E-state index >= 15 is 0 Å². The first-order chi connectivity index (χ1) is 12.7. The molecule has 0 radical (unpaired) electrons. The van der Waals surface area contributed by atoms with Crippen LogP contribution in [0.5, 0.6) is 5.75 Å². The van der Waals surface area contributed by atoms with Crippen molar-refractivity contribution in [3.63, 3.8) is 0 Å². The Balaban J connectivity index is 1.63. The normalized spacial score (nSPS) is 17.0. The Hall–Kier alpha value is -2.34. The summed E-state index contributed by atoms with van der Waals surface area (Å²) >= 11 is 1.75. The van der Waals surface area contributed by atoms with Crippen LogP contribution in [0.15, 0.2) is 53.4 Å². The fourth-order valence-electron chi connectivity index (χ4n) is 3.12. The number of thioether (sulfide) groups is 1. The number of hydrogen-bond acceptors (Lipinski definition) is 4. The second kappa shape index (κ2) is 8.85. The van der Waals surface area contributed by atoms with Crippen molar-refractivity contribution in [3.05, 3.63) is 54.1 Å². The van der Waals surface area contributed by atoms with E-state index in [9.17, 15) is 4.79 Å². The van der Waals surface area contributed by atoms with Gasteiger partial charge in [-0.25, -0.2) is 4.79 Å². The monoisotopic (exact) mass is 372 g/mol. The number of carbonyl (C=O) groups is 1. The van der Waals surface area contributed by atoms with E-state index in [-0.39, 0.29) is 6.04 Å². The van der Waals surface area contributed by atoms with Gasteiger partial charge in [-0.05, 0) is 30.5 Å². The van der Waals surface area contributed by atoms with Crippen LogP contribution in [0, 0.1) is 0 Å². The highest BCUT2D eigenvalue weighted by Crippen LogP contribution is 2.34. The number of amides is 1. The predicted molar refractivity (Wildman–Crippen MR) is 105 cm³/mol. The third-order valence-corrected chi connectivity index (χ3v) is 5.59. The van der Waals surface area contributed by atoms with Crippen molar-refractivity contribution >= 4 is 23.5 Å². The first kappa shape index (κ1) is 18.5. The zero-order chi connectivity index (χ0) is 18.4. The SMILES string of the molecule is COc1cc(N[C@@H]2CCCN(C(=O)O)C2)ccc1SCc1ccccc1. The van der Waals surface area contributed by atoms with Gasteiger partial charge in [-0.1, -0.05) is 30.3 Å². The smallest absolute Gasteiger partial charge is 0.407 e. The number of nitrogens with one attached hydrogen (secondary N) is 1.